The number of hydrogen-bond donors (Lipinski definition) is 0. The van der Waals surface area contributed by atoms with Gasteiger partial charge in [0.1, 0.15) is 5.75 Å². The summed E-state index contributed by atoms with van der Waals surface area (Å²) in [6.07, 6.45) is -5.26. The Morgan fingerprint density at radius 1 is 1.28 bits per heavy atom. The van der Waals surface area contributed by atoms with Crippen molar-refractivity contribution in [1.29, 1.82) is 0 Å². The van der Waals surface area contributed by atoms with E-state index in [2.05, 4.69) is 15.9 Å². The van der Waals surface area contributed by atoms with Gasteiger partial charge in [-0.1, -0.05) is 29.3 Å². The largest absolute Gasteiger partial charge is 0.496 e. The van der Waals surface area contributed by atoms with Crippen LogP contribution in [0.1, 0.15) is 11.1 Å². The first-order valence-corrected chi connectivity index (χ1v) is 6.41. The van der Waals surface area contributed by atoms with Crippen molar-refractivity contribution in [2.24, 2.45) is 0 Å². The highest BCUT2D eigenvalue weighted by Crippen LogP contribution is 2.44. The van der Waals surface area contributed by atoms with E-state index in [1.807, 2.05) is 0 Å². The fourth-order valence-electron chi connectivity index (χ4n) is 1.42. The van der Waals surface area contributed by atoms with Gasteiger partial charge in [-0.05, 0) is 40.0 Å². The van der Waals surface area contributed by atoms with Gasteiger partial charge in [-0.3, -0.25) is 0 Å². The Morgan fingerprint density at radius 3 is 2.28 bits per heavy atom. The molecule has 0 saturated heterocycles. The molecule has 0 fully saturated rings. The Bertz CT molecular complexity index is 447. The predicted octanol–water partition coefficient (Wildman–Crippen LogP) is 5.04. The topological polar surface area (TPSA) is 9.23 Å². The summed E-state index contributed by atoms with van der Waals surface area (Å²) in [7, 11) is 1.43. The smallest absolute Gasteiger partial charge is 0.421 e. The van der Waals surface area contributed by atoms with Gasteiger partial charge in [0.2, 0.25) is 4.33 Å². The summed E-state index contributed by atoms with van der Waals surface area (Å²) in [6.45, 7) is 1.75. The number of aryl methyl sites for hydroxylation is 1. The molecule has 0 amide bonds. The molecule has 1 rings (SSSR count). The average molecular weight is 366 g/mol. The van der Waals surface area contributed by atoms with E-state index in [0.717, 1.165) is 5.56 Å². The number of benzene rings is 1. The predicted molar refractivity (Wildman–Crippen MR) is 69.6 cm³/mol. The quantitative estimate of drug-likeness (QED) is 0.681. The molecule has 102 valence electrons. The molecule has 1 aromatic rings. The van der Waals surface area contributed by atoms with E-state index >= 15 is 0 Å². The zero-order chi connectivity index (χ0) is 14.1. The molecule has 1 aromatic carbocycles. The molecule has 18 heavy (non-hydrogen) atoms. The summed E-state index contributed by atoms with van der Waals surface area (Å²) >= 11 is 13.9. The molecule has 1 nitrogen and oxygen atoms in total. The fraction of sp³-hybridized carbons (Fsp3) is 0.455. The zero-order valence-electron chi connectivity index (χ0n) is 9.54. The summed E-state index contributed by atoms with van der Waals surface area (Å²) in [6, 6.07) is 3.28. The van der Waals surface area contributed by atoms with Gasteiger partial charge in [0.05, 0.1) is 11.6 Å². The van der Waals surface area contributed by atoms with Crippen molar-refractivity contribution in [2.45, 2.75) is 23.9 Å². The summed E-state index contributed by atoms with van der Waals surface area (Å²) in [5.41, 5.74) is 1.10. The van der Waals surface area contributed by atoms with E-state index in [1.165, 1.54) is 7.11 Å². The van der Waals surface area contributed by atoms with Crippen LogP contribution < -0.4 is 4.74 Å². The van der Waals surface area contributed by atoms with Crippen molar-refractivity contribution >= 4 is 39.1 Å². The summed E-state index contributed by atoms with van der Waals surface area (Å²) < 4.78 is 40.5. The van der Waals surface area contributed by atoms with Crippen LogP contribution in [0.2, 0.25) is 0 Å². The second-order valence-corrected chi connectivity index (χ2v) is 6.10. The van der Waals surface area contributed by atoms with Crippen LogP contribution in [0.5, 0.6) is 5.75 Å². The van der Waals surface area contributed by atoms with Crippen molar-refractivity contribution in [2.75, 3.05) is 7.11 Å². The molecule has 0 N–H and O–H groups in total. The molecule has 0 aliphatic heterocycles. The lowest BCUT2D eigenvalue weighted by Crippen LogP contribution is -2.36. The second-order valence-electron chi connectivity index (χ2n) is 3.82. The highest BCUT2D eigenvalue weighted by molar-refractivity contribution is 9.10. The van der Waals surface area contributed by atoms with Crippen molar-refractivity contribution in [3.05, 3.63) is 27.7 Å². The van der Waals surface area contributed by atoms with Crippen LogP contribution in [0.15, 0.2) is 16.6 Å². The minimum atomic E-state index is -4.70. The third-order valence-electron chi connectivity index (χ3n) is 2.31. The first kappa shape index (κ1) is 15.9. The van der Waals surface area contributed by atoms with Crippen LogP contribution >= 0.6 is 39.1 Å². The standard InChI is InChI=1S/C11H10BrCl2F3O/c1-6-3-7(9(12)8(4-6)18-2)5-10(13,14)11(15,16)17/h3-4H,5H2,1-2H3. The summed E-state index contributed by atoms with van der Waals surface area (Å²) in [5.74, 6) is 0.441. The van der Waals surface area contributed by atoms with Gasteiger partial charge < -0.3 is 4.74 Å². The molecule has 0 unspecified atom stereocenters. The normalized spacial score (nSPS) is 12.7. The number of halogens is 6. The van der Waals surface area contributed by atoms with Gasteiger partial charge in [-0.25, -0.2) is 0 Å². The molecule has 0 spiro atoms. The Balaban J connectivity index is 3.16. The van der Waals surface area contributed by atoms with Crippen LogP contribution in [-0.4, -0.2) is 17.6 Å². The van der Waals surface area contributed by atoms with Gasteiger partial charge in [0.15, 0.2) is 0 Å². The van der Waals surface area contributed by atoms with Gasteiger partial charge >= 0.3 is 6.18 Å². The molecular weight excluding hydrogens is 356 g/mol. The van der Waals surface area contributed by atoms with Crippen molar-refractivity contribution in [3.63, 3.8) is 0 Å². The number of hydrogen-bond acceptors (Lipinski definition) is 1. The lowest BCUT2D eigenvalue weighted by Gasteiger charge is -2.24. The Kier molecular flexibility index (Phi) is 4.84. The summed E-state index contributed by atoms with van der Waals surface area (Å²) in [4.78, 5) is 0. The minimum Gasteiger partial charge on any atom is -0.496 e. The monoisotopic (exact) mass is 364 g/mol. The molecule has 0 aromatic heterocycles. The highest BCUT2D eigenvalue weighted by atomic mass is 79.9. The Morgan fingerprint density at radius 2 is 1.83 bits per heavy atom. The molecule has 0 bridgehead atoms. The second kappa shape index (κ2) is 5.47. The van der Waals surface area contributed by atoms with E-state index in [4.69, 9.17) is 27.9 Å². The third-order valence-corrected chi connectivity index (χ3v) is 3.90. The third kappa shape index (κ3) is 3.45. The Labute approximate surface area is 121 Å². The molecular formula is C11H10BrCl2F3O. The highest BCUT2D eigenvalue weighted by Gasteiger charge is 2.52. The first-order valence-electron chi connectivity index (χ1n) is 4.86. The minimum absolute atomic E-state index is 0.342. The van der Waals surface area contributed by atoms with Crippen molar-refractivity contribution < 1.29 is 17.9 Å². The molecule has 0 aliphatic carbocycles. The lowest BCUT2D eigenvalue weighted by atomic mass is 10.1. The maximum atomic E-state index is 12.6. The van der Waals surface area contributed by atoms with Crippen molar-refractivity contribution in [1.82, 2.24) is 0 Å². The molecule has 0 aliphatic rings. The van der Waals surface area contributed by atoms with Gasteiger partial charge in [0.25, 0.3) is 0 Å². The van der Waals surface area contributed by atoms with Crippen LogP contribution in [-0.2, 0) is 6.42 Å². The average Bonchev–Trinajstić information content (AvgIpc) is 2.20. The van der Waals surface area contributed by atoms with E-state index < -0.39 is 16.9 Å². The zero-order valence-corrected chi connectivity index (χ0v) is 12.6. The van der Waals surface area contributed by atoms with Crippen molar-refractivity contribution in [3.8, 4) is 5.75 Å². The van der Waals surface area contributed by atoms with Crippen LogP contribution in [0.4, 0.5) is 13.2 Å². The number of ether oxygens (including phenoxy) is 1. The van der Waals surface area contributed by atoms with Gasteiger partial charge in [-0.2, -0.15) is 13.2 Å². The maximum absolute atomic E-state index is 12.6. The molecule has 0 radical (unpaired) electrons. The lowest BCUT2D eigenvalue weighted by molar-refractivity contribution is -0.141. The van der Waals surface area contributed by atoms with E-state index in [-0.39, 0.29) is 0 Å². The molecule has 0 saturated carbocycles. The van der Waals surface area contributed by atoms with Crippen LogP contribution in [0.3, 0.4) is 0 Å². The fourth-order valence-corrected chi connectivity index (χ4v) is 2.24. The van der Waals surface area contributed by atoms with E-state index in [9.17, 15) is 13.2 Å². The van der Waals surface area contributed by atoms with E-state index in [1.54, 1.807) is 19.1 Å². The molecule has 0 heterocycles. The Hall–Kier alpha value is -0.130. The number of rotatable bonds is 3. The SMILES string of the molecule is COc1cc(C)cc(CC(Cl)(Cl)C(F)(F)F)c1Br. The first-order chi connectivity index (χ1) is 8.08. The molecule has 0 atom stereocenters. The van der Waals surface area contributed by atoms with Crippen LogP contribution in [0.25, 0.3) is 0 Å². The van der Waals surface area contributed by atoms with Gasteiger partial charge in [0, 0.05) is 6.42 Å². The van der Waals surface area contributed by atoms with Gasteiger partial charge in [-0.15, -0.1) is 0 Å². The molecule has 7 heteroatoms. The maximum Gasteiger partial charge on any atom is 0.421 e. The van der Waals surface area contributed by atoms with E-state index in [0.29, 0.717) is 15.8 Å². The number of alkyl halides is 5. The summed E-state index contributed by atoms with van der Waals surface area (Å²) in [5, 5.41) is 0. The number of methoxy groups -OCH3 is 1. The van der Waals surface area contributed by atoms with Crippen LogP contribution in [0, 0.1) is 6.92 Å².